The quantitative estimate of drug-likeness (QED) is 0.409. The molecule has 170 valence electrons. The number of fused-ring (bicyclic) bond motifs is 1. The number of rotatable bonds is 8. The molecule has 0 fully saturated rings. The summed E-state index contributed by atoms with van der Waals surface area (Å²) in [6, 6.07) is 6.31. The maximum Gasteiger partial charge on any atom is 0.226 e. The fourth-order valence-corrected chi connectivity index (χ4v) is 3.61. The van der Waals surface area contributed by atoms with Gasteiger partial charge >= 0.3 is 0 Å². The Hall–Kier alpha value is -3.27. The molecule has 0 radical (unpaired) electrons. The number of methoxy groups -OCH3 is 1. The molecule has 32 heavy (non-hydrogen) atoms. The smallest absolute Gasteiger partial charge is 0.226 e. The highest BCUT2D eigenvalue weighted by Crippen LogP contribution is 2.19. The van der Waals surface area contributed by atoms with Crippen LogP contribution < -0.4 is 10.6 Å². The lowest BCUT2D eigenvalue weighted by Gasteiger charge is -2.25. The first-order chi connectivity index (χ1) is 15.6. The van der Waals surface area contributed by atoms with E-state index in [0.29, 0.717) is 25.5 Å². The van der Waals surface area contributed by atoms with Crippen LogP contribution in [0.15, 0.2) is 39.9 Å². The summed E-state index contributed by atoms with van der Waals surface area (Å²) in [6.45, 7) is 4.53. The maximum absolute atomic E-state index is 13.1. The van der Waals surface area contributed by atoms with Crippen LogP contribution in [0.2, 0.25) is 0 Å². The molecule has 0 saturated carbocycles. The van der Waals surface area contributed by atoms with E-state index in [1.54, 1.807) is 25.5 Å². The van der Waals surface area contributed by atoms with E-state index in [2.05, 4.69) is 30.7 Å². The highest BCUT2D eigenvalue weighted by Gasteiger charge is 2.22. The van der Waals surface area contributed by atoms with Crippen LogP contribution in [-0.2, 0) is 30.7 Å². The second-order valence-electron chi connectivity index (χ2n) is 7.60. The van der Waals surface area contributed by atoms with Crippen molar-refractivity contribution in [2.45, 2.75) is 45.4 Å². The van der Waals surface area contributed by atoms with Gasteiger partial charge in [0.1, 0.15) is 24.5 Å². The van der Waals surface area contributed by atoms with Crippen molar-refractivity contribution < 1.29 is 13.5 Å². The summed E-state index contributed by atoms with van der Waals surface area (Å²) in [5.74, 6) is 2.68. The summed E-state index contributed by atoms with van der Waals surface area (Å²) in [5.41, 5.74) is 1.55. The van der Waals surface area contributed by atoms with Crippen molar-refractivity contribution >= 4 is 5.96 Å². The van der Waals surface area contributed by atoms with Crippen LogP contribution in [0.5, 0.6) is 0 Å². The number of hydrogen-bond acceptors (Lipinski definition) is 6. The number of aromatic nitrogens is 4. The molecule has 0 saturated heterocycles. The van der Waals surface area contributed by atoms with Gasteiger partial charge in [0.05, 0.1) is 12.2 Å². The Balaban J connectivity index is 1.33. The van der Waals surface area contributed by atoms with E-state index in [1.165, 1.54) is 12.1 Å². The Bertz CT molecular complexity index is 1040. The van der Waals surface area contributed by atoms with Crippen molar-refractivity contribution in [3.05, 3.63) is 53.7 Å². The van der Waals surface area contributed by atoms with Gasteiger partial charge in [-0.2, -0.15) is 5.10 Å². The first kappa shape index (κ1) is 21.9. The minimum atomic E-state index is -0.285. The summed E-state index contributed by atoms with van der Waals surface area (Å²) in [5, 5.41) is 11.3. The molecule has 1 aliphatic rings. The van der Waals surface area contributed by atoms with E-state index in [1.807, 2.05) is 11.6 Å². The molecule has 0 bridgehead atoms. The molecule has 0 spiro atoms. The van der Waals surface area contributed by atoms with Crippen LogP contribution in [0.3, 0.4) is 0 Å². The molecule has 0 aliphatic carbocycles. The number of guanidine groups is 1. The number of halogens is 1. The molecule has 1 unspecified atom stereocenters. The van der Waals surface area contributed by atoms with E-state index in [9.17, 15) is 4.39 Å². The number of aryl methyl sites for hydroxylation is 1. The minimum absolute atomic E-state index is 0.217. The van der Waals surface area contributed by atoms with Gasteiger partial charge in [-0.15, -0.1) is 0 Å². The average Bonchev–Trinajstić information content (AvgIpc) is 3.41. The summed E-state index contributed by atoms with van der Waals surface area (Å²) < 4.78 is 25.7. The van der Waals surface area contributed by atoms with Crippen LogP contribution in [-0.4, -0.2) is 51.9 Å². The Morgan fingerprint density at radius 2 is 2.16 bits per heavy atom. The van der Waals surface area contributed by atoms with Crippen LogP contribution in [0.25, 0.3) is 11.5 Å². The first-order valence-corrected chi connectivity index (χ1v) is 10.8. The molecule has 10 heteroatoms. The molecule has 1 aromatic carbocycles. The van der Waals surface area contributed by atoms with Gasteiger partial charge < -0.3 is 19.8 Å². The van der Waals surface area contributed by atoms with E-state index in [-0.39, 0.29) is 11.9 Å². The van der Waals surface area contributed by atoms with Crippen molar-refractivity contribution in [1.82, 2.24) is 30.4 Å². The van der Waals surface area contributed by atoms with E-state index < -0.39 is 0 Å². The Morgan fingerprint density at radius 1 is 1.31 bits per heavy atom. The highest BCUT2D eigenvalue weighted by atomic mass is 19.1. The van der Waals surface area contributed by atoms with Crippen LogP contribution in [0.1, 0.15) is 30.7 Å². The second-order valence-corrected chi connectivity index (χ2v) is 7.60. The van der Waals surface area contributed by atoms with Gasteiger partial charge in [-0.1, -0.05) is 0 Å². The lowest BCUT2D eigenvalue weighted by atomic mass is 10.1. The maximum atomic E-state index is 13.1. The first-order valence-electron chi connectivity index (χ1n) is 10.8. The summed E-state index contributed by atoms with van der Waals surface area (Å²) in [7, 11) is 1.65. The molecular weight excluding hydrogens is 413 g/mol. The predicted molar refractivity (Wildman–Crippen MR) is 118 cm³/mol. The summed E-state index contributed by atoms with van der Waals surface area (Å²) >= 11 is 0. The molecule has 1 atom stereocenters. The molecule has 9 nitrogen and oxygen atoms in total. The van der Waals surface area contributed by atoms with E-state index >= 15 is 0 Å². The van der Waals surface area contributed by atoms with E-state index in [0.717, 1.165) is 54.8 Å². The van der Waals surface area contributed by atoms with Crippen molar-refractivity contribution in [2.75, 3.05) is 20.2 Å². The van der Waals surface area contributed by atoms with Gasteiger partial charge in [-0.3, -0.25) is 4.99 Å². The van der Waals surface area contributed by atoms with Crippen molar-refractivity contribution in [3.8, 4) is 11.5 Å². The van der Waals surface area contributed by atoms with Gasteiger partial charge in [-0.25, -0.2) is 19.0 Å². The molecule has 3 heterocycles. The second kappa shape index (κ2) is 10.4. The summed E-state index contributed by atoms with van der Waals surface area (Å²) in [4.78, 5) is 13.7. The normalized spacial score (nSPS) is 16.1. The van der Waals surface area contributed by atoms with Crippen LogP contribution in [0, 0.1) is 5.82 Å². The van der Waals surface area contributed by atoms with Crippen molar-refractivity contribution in [1.29, 1.82) is 0 Å². The highest BCUT2D eigenvalue weighted by molar-refractivity contribution is 5.80. The molecule has 2 N–H and O–H groups in total. The molecule has 2 aromatic heterocycles. The predicted octanol–water partition coefficient (Wildman–Crippen LogP) is 2.33. The third kappa shape index (κ3) is 5.50. The fraction of sp³-hybridized carbons (Fsp3) is 0.455. The number of oxazole rings is 1. The number of nitrogens with zero attached hydrogens (tertiary/aromatic N) is 5. The standard InChI is InChI=1S/C22H28FN7O2/c1-3-24-22(27-17-8-9-20-28-19(14-31-2)29-30(20)12-17)25-11-10-18-13-32-21(26-18)15-4-6-16(23)7-5-15/h4-7,13,17H,3,8-12,14H2,1-2H3,(H2,24,25,27). The number of hydrogen-bond donors (Lipinski definition) is 2. The third-order valence-electron chi connectivity index (χ3n) is 5.14. The molecule has 1 aliphatic heterocycles. The van der Waals surface area contributed by atoms with Gasteiger partial charge in [0.2, 0.25) is 5.89 Å². The van der Waals surface area contributed by atoms with Crippen LogP contribution >= 0.6 is 0 Å². The van der Waals surface area contributed by atoms with Crippen molar-refractivity contribution in [3.63, 3.8) is 0 Å². The zero-order chi connectivity index (χ0) is 22.3. The summed E-state index contributed by atoms with van der Waals surface area (Å²) in [6.07, 6.45) is 4.08. The van der Waals surface area contributed by atoms with E-state index in [4.69, 9.17) is 9.15 Å². The molecule has 3 aromatic rings. The fourth-order valence-electron chi connectivity index (χ4n) is 3.61. The number of aliphatic imine (C=N–C) groups is 1. The van der Waals surface area contributed by atoms with Gasteiger partial charge in [0.25, 0.3) is 0 Å². The SMILES string of the molecule is CCNC(=NCCc1coc(-c2ccc(F)cc2)n1)NC1CCc2nc(COC)nn2C1. The number of benzene rings is 1. The van der Waals surface area contributed by atoms with Gasteiger partial charge in [-0.05, 0) is 37.6 Å². The zero-order valence-electron chi connectivity index (χ0n) is 18.3. The Labute approximate surface area is 186 Å². The molecule has 0 amide bonds. The zero-order valence-corrected chi connectivity index (χ0v) is 18.3. The monoisotopic (exact) mass is 441 g/mol. The number of nitrogens with one attached hydrogen (secondary N) is 2. The number of ether oxygens (including phenoxy) is 1. The lowest BCUT2D eigenvalue weighted by molar-refractivity contribution is 0.177. The molecular formula is C22H28FN7O2. The Morgan fingerprint density at radius 3 is 2.94 bits per heavy atom. The topological polar surface area (TPSA) is 102 Å². The van der Waals surface area contributed by atoms with Crippen molar-refractivity contribution in [2.24, 2.45) is 4.99 Å². The average molecular weight is 442 g/mol. The Kier molecular flexibility index (Phi) is 7.10. The van der Waals surface area contributed by atoms with Gasteiger partial charge in [0.15, 0.2) is 11.8 Å². The largest absolute Gasteiger partial charge is 0.444 e. The lowest BCUT2D eigenvalue weighted by Crippen LogP contribution is -2.47. The van der Waals surface area contributed by atoms with Gasteiger partial charge in [0, 0.05) is 44.6 Å². The third-order valence-corrected chi connectivity index (χ3v) is 5.14. The minimum Gasteiger partial charge on any atom is -0.444 e. The molecule has 4 rings (SSSR count). The van der Waals surface area contributed by atoms with Crippen LogP contribution in [0.4, 0.5) is 4.39 Å².